The van der Waals surface area contributed by atoms with E-state index in [0.717, 1.165) is 37.9 Å². The summed E-state index contributed by atoms with van der Waals surface area (Å²) in [6.45, 7) is 3.23. The van der Waals surface area contributed by atoms with Crippen molar-refractivity contribution < 1.29 is 23.9 Å². The van der Waals surface area contributed by atoms with Gasteiger partial charge in [0.2, 0.25) is 5.91 Å². The van der Waals surface area contributed by atoms with Gasteiger partial charge in [0.05, 0.1) is 42.0 Å². The molecule has 1 aromatic rings. The Bertz CT molecular complexity index is 821. The first-order valence-corrected chi connectivity index (χ1v) is 10.7. The molecule has 162 valence electrons. The molecule has 2 fully saturated rings. The van der Waals surface area contributed by atoms with Gasteiger partial charge in [0, 0.05) is 33.4 Å². The molecule has 8 heteroatoms. The minimum absolute atomic E-state index is 0.00624. The van der Waals surface area contributed by atoms with Gasteiger partial charge >= 0.3 is 0 Å². The Morgan fingerprint density at radius 2 is 2.10 bits per heavy atom. The van der Waals surface area contributed by atoms with Gasteiger partial charge in [-0.05, 0) is 37.8 Å². The molecule has 0 aromatic heterocycles. The van der Waals surface area contributed by atoms with Crippen LogP contribution in [-0.2, 0) is 14.3 Å². The highest BCUT2D eigenvalue weighted by molar-refractivity contribution is 6.23. The number of rotatable bonds is 7. The number of piperidine rings is 1. The number of methoxy groups -OCH3 is 1. The Morgan fingerprint density at radius 1 is 1.23 bits per heavy atom. The van der Waals surface area contributed by atoms with Crippen LogP contribution < -0.4 is 10.2 Å². The summed E-state index contributed by atoms with van der Waals surface area (Å²) >= 11 is 0. The van der Waals surface area contributed by atoms with E-state index in [9.17, 15) is 14.4 Å². The van der Waals surface area contributed by atoms with Gasteiger partial charge < -0.3 is 19.7 Å². The van der Waals surface area contributed by atoms with Crippen molar-refractivity contribution in [3.05, 3.63) is 29.3 Å². The maximum atomic E-state index is 13.2. The molecule has 3 heterocycles. The maximum absolute atomic E-state index is 13.2. The Morgan fingerprint density at radius 3 is 2.87 bits per heavy atom. The van der Waals surface area contributed by atoms with Gasteiger partial charge in [-0.3, -0.25) is 19.3 Å². The summed E-state index contributed by atoms with van der Waals surface area (Å²) in [6, 6.07) is 5.41. The lowest BCUT2D eigenvalue weighted by molar-refractivity contribution is -0.125. The number of nitrogens with one attached hydrogen (secondary N) is 1. The van der Waals surface area contributed by atoms with Crippen LogP contribution in [0.15, 0.2) is 18.2 Å². The van der Waals surface area contributed by atoms with Gasteiger partial charge in [-0.2, -0.15) is 0 Å². The van der Waals surface area contributed by atoms with Crippen LogP contribution in [0, 0.1) is 5.92 Å². The van der Waals surface area contributed by atoms with Crippen LogP contribution in [0.1, 0.15) is 46.4 Å². The minimum Gasteiger partial charge on any atom is -0.383 e. The minimum atomic E-state index is -0.257. The zero-order chi connectivity index (χ0) is 21.1. The summed E-state index contributed by atoms with van der Waals surface area (Å²) in [5.41, 5.74) is 1.65. The third-order valence-corrected chi connectivity index (χ3v) is 6.13. The number of fused-ring (bicyclic) bond motifs is 1. The molecule has 0 unspecified atom stereocenters. The molecule has 3 aliphatic rings. The largest absolute Gasteiger partial charge is 0.383 e. The number of carbonyl (C=O) groups excluding carboxylic acids is 3. The fourth-order valence-corrected chi connectivity index (χ4v) is 4.57. The first-order chi connectivity index (χ1) is 14.6. The summed E-state index contributed by atoms with van der Waals surface area (Å²) in [6.07, 6.45) is 3.41. The van der Waals surface area contributed by atoms with E-state index >= 15 is 0 Å². The molecule has 3 amide bonds. The summed E-state index contributed by atoms with van der Waals surface area (Å²) in [7, 11) is 1.60. The zero-order valence-electron chi connectivity index (χ0n) is 17.4. The Labute approximate surface area is 176 Å². The van der Waals surface area contributed by atoms with Crippen molar-refractivity contribution in [2.75, 3.05) is 51.4 Å². The molecule has 3 aliphatic heterocycles. The highest BCUT2D eigenvalue weighted by atomic mass is 16.5. The summed E-state index contributed by atoms with van der Waals surface area (Å²) in [5.74, 6) is -0.653. The normalized spacial score (nSPS) is 23.8. The Balaban J connectivity index is 1.50. The molecule has 0 bridgehead atoms. The van der Waals surface area contributed by atoms with Crippen LogP contribution in [0.3, 0.4) is 0 Å². The lowest BCUT2D eigenvalue weighted by Crippen LogP contribution is -2.44. The SMILES string of the molecule is COCCNC(=O)[C@H]1CCCN(c2cccc3c2C(=O)N(C[C@@H]2CCCO2)C3=O)C1. The van der Waals surface area contributed by atoms with Crippen LogP contribution in [0.2, 0.25) is 0 Å². The topological polar surface area (TPSA) is 88.2 Å². The molecular weight excluding hydrogens is 386 g/mol. The number of benzene rings is 1. The van der Waals surface area contributed by atoms with E-state index in [4.69, 9.17) is 9.47 Å². The molecule has 0 saturated carbocycles. The van der Waals surface area contributed by atoms with Crippen molar-refractivity contribution >= 4 is 23.4 Å². The van der Waals surface area contributed by atoms with E-state index < -0.39 is 0 Å². The van der Waals surface area contributed by atoms with Gasteiger partial charge in [0.25, 0.3) is 11.8 Å². The van der Waals surface area contributed by atoms with Gasteiger partial charge in [0.15, 0.2) is 0 Å². The van der Waals surface area contributed by atoms with Crippen LogP contribution in [0.5, 0.6) is 0 Å². The van der Waals surface area contributed by atoms with Crippen molar-refractivity contribution in [2.24, 2.45) is 5.92 Å². The molecule has 1 aromatic carbocycles. The van der Waals surface area contributed by atoms with Crippen molar-refractivity contribution in [2.45, 2.75) is 31.8 Å². The second-order valence-corrected chi connectivity index (χ2v) is 8.12. The molecule has 2 atom stereocenters. The van der Waals surface area contributed by atoms with Crippen molar-refractivity contribution in [3.8, 4) is 0 Å². The summed E-state index contributed by atoms with van der Waals surface area (Å²) in [4.78, 5) is 42.0. The molecule has 1 N–H and O–H groups in total. The molecule has 2 saturated heterocycles. The number of amides is 3. The molecule has 0 aliphatic carbocycles. The number of imide groups is 1. The fraction of sp³-hybridized carbons (Fsp3) is 0.591. The van der Waals surface area contributed by atoms with Crippen LogP contribution >= 0.6 is 0 Å². The molecule has 8 nitrogen and oxygen atoms in total. The molecule has 30 heavy (non-hydrogen) atoms. The third-order valence-electron chi connectivity index (χ3n) is 6.13. The van der Waals surface area contributed by atoms with Crippen molar-refractivity contribution in [1.82, 2.24) is 10.2 Å². The van der Waals surface area contributed by atoms with Gasteiger partial charge in [-0.15, -0.1) is 0 Å². The molecular formula is C22H29N3O5. The smallest absolute Gasteiger partial charge is 0.263 e. The first kappa shape index (κ1) is 20.8. The van der Waals surface area contributed by atoms with E-state index in [2.05, 4.69) is 10.2 Å². The molecule has 4 rings (SSSR count). The maximum Gasteiger partial charge on any atom is 0.263 e. The average molecular weight is 415 g/mol. The number of nitrogens with zero attached hydrogens (tertiary/aromatic N) is 2. The molecule has 0 radical (unpaired) electrons. The predicted molar refractivity (Wildman–Crippen MR) is 111 cm³/mol. The Kier molecular flexibility index (Phi) is 6.34. The number of ether oxygens (including phenoxy) is 2. The van der Waals surface area contributed by atoms with Gasteiger partial charge in [-0.25, -0.2) is 0 Å². The number of hydrogen-bond donors (Lipinski definition) is 1. The van der Waals surface area contributed by atoms with Gasteiger partial charge in [-0.1, -0.05) is 6.07 Å². The second kappa shape index (κ2) is 9.14. The van der Waals surface area contributed by atoms with E-state index in [1.807, 2.05) is 12.1 Å². The van der Waals surface area contributed by atoms with E-state index in [1.165, 1.54) is 4.90 Å². The number of carbonyl (C=O) groups is 3. The zero-order valence-corrected chi connectivity index (χ0v) is 17.4. The predicted octanol–water partition coefficient (Wildman–Crippen LogP) is 1.44. The van der Waals surface area contributed by atoms with Gasteiger partial charge in [0.1, 0.15) is 0 Å². The van der Waals surface area contributed by atoms with Crippen LogP contribution in [0.25, 0.3) is 0 Å². The first-order valence-electron chi connectivity index (χ1n) is 10.7. The highest BCUT2D eigenvalue weighted by Crippen LogP contribution is 2.34. The monoisotopic (exact) mass is 415 g/mol. The Hall–Kier alpha value is -2.45. The van der Waals surface area contributed by atoms with Crippen LogP contribution in [0.4, 0.5) is 5.69 Å². The number of hydrogen-bond acceptors (Lipinski definition) is 6. The summed E-state index contributed by atoms with van der Waals surface area (Å²) < 4.78 is 10.6. The summed E-state index contributed by atoms with van der Waals surface area (Å²) in [5, 5.41) is 2.91. The highest BCUT2D eigenvalue weighted by Gasteiger charge is 2.40. The lowest BCUT2D eigenvalue weighted by atomic mass is 9.95. The lowest BCUT2D eigenvalue weighted by Gasteiger charge is -2.34. The van der Waals surface area contributed by atoms with E-state index in [-0.39, 0.29) is 29.7 Å². The third kappa shape index (κ3) is 4.06. The quantitative estimate of drug-likeness (QED) is 0.536. The molecule has 0 spiro atoms. The fourth-order valence-electron chi connectivity index (χ4n) is 4.57. The van der Waals surface area contributed by atoms with Crippen molar-refractivity contribution in [3.63, 3.8) is 0 Å². The van der Waals surface area contributed by atoms with Crippen LogP contribution in [-0.4, -0.2) is 75.2 Å². The average Bonchev–Trinajstić information content (AvgIpc) is 3.37. The van der Waals surface area contributed by atoms with E-state index in [1.54, 1.807) is 13.2 Å². The van der Waals surface area contributed by atoms with Crippen molar-refractivity contribution in [1.29, 1.82) is 0 Å². The second-order valence-electron chi connectivity index (χ2n) is 8.12. The standard InChI is InChI=1S/C22H29N3O5/c1-29-12-9-23-20(26)15-5-3-10-24(13-15)18-8-2-7-17-19(18)22(28)25(21(17)27)14-16-6-4-11-30-16/h2,7-8,15-16H,3-6,9-14H2,1H3,(H,23,26)/t15-,16-/m0/s1. The van der Waals surface area contributed by atoms with E-state index in [0.29, 0.717) is 44.0 Å². The number of anilines is 1.